The van der Waals surface area contributed by atoms with Crippen molar-refractivity contribution in [2.75, 3.05) is 6.61 Å². The lowest BCUT2D eigenvalue weighted by Crippen LogP contribution is -2.05. The summed E-state index contributed by atoms with van der Waals surface area (Å²) in [6.45, 7) is 9.16. The SMILES string of the molecule is CCOC(=O)CCCCCCC(C)(C)C. The molecule has 0 aromatic heterocycles. The lowest BCUT2D eigenvalue weighted by Gasteiger charge is -2.17. The third kappa shape index (κ3) is 11.4. The standard InChI is InChI=1S/C13H26O2/c1-5-15-12(14)10-8-6-7-9-11-13(2,3)4/h5-11H2,1-4H3. The molecular formula is C13H26O2. The summed E-state index contributed by atoms with van der Waals surface area (Å²) in [6, 6.07) is 0. The highest BCUT2D eigenvalue weighted by atomic mass is 16.5. The Morgan fingerprint density at radius 1 is 1.07 bits per heavy atom. The Morgan fingerprint density at radius 3 is 2.20 bits per heavy atom. The van der Waals surface area contributed by atoms with E-state index >= 15 is 0 Å². The molecule has 15 heavy (non-hydrogen) atoms. The minimum Gasteiger partial charge on any atom is -0.466 e. The zero-order valence-corrected chi connectivity index (χ0v) is 10.8. The highest BCUT2D eigenvalue weighted by molar-refractivity contribution is 5.69. The van der Waals surface area contributed by atoms with Gasteiger partial charge < -0.3 is 4.74 Å². The fraction of sp³-hybridized carbons (Fsp3) is 0.923. The van der Waals surface area contributed by atoms with Crippen molar-refractivity contribution >= 4 is 5.97 Å². The van der Waals surface area contributed by atoms with Crippen LogP contribution in [0.3, 0.4) is 0 Å². The van der Waals surface area contributed by atoms with Crippen molar-refractivity contribution in [3.63, 3.8) is 0 Å². The van der Waals surface area contributed by atoms with Crippen LogP contribution in [0.5, 0.6) is 0 Å². The van der Waals surface area contributed by atoms with Crippen LogP contribution in [0.15, 0.2) is 0 Å². The summed E-state index contributed by atoms with van der Waals surface area (Å²) in [5.74, 6) is -0.0479. The summed E-state index contributed by atoms with van der Waals surface area (Å²) in [7, 11) is 0. The molecule has 0 atom stereocenters. The molecule has 0 bridgehead atoms. The molecule has 2 heteroatoms. The van der Waals surface area contributed by atoms with Gasteiger partial charge in [0, 0.05) is 6.42 Å². The highest BCUT2D eigenvalue weighted by Gasteiger charge is 2.08. The Bertz CT molecular complexity index is 168. The van der Waals surface area contributed by atoms with Gasteiger partial charge in [-0.05, 0) is 25.2 Å². The quantitative estimate of drug-likeness (QED) is 0.474. The normalized spacial score (nSPS) is 11.5. The van der Waals surface area contributed by atoms with E-state index in [4.69, 9.17) is 4.74 Å². The van der Waals surface area contributed by atoms with Crippen LogP contribution in [0.1, 0.15) is 66.2 Å². The molecule has 0 fully saturated rings. The Hall–Kier alpha value is -0.530. The summed E-state index contributed by atoms with van der Waals surface area (Å²) in [5, 5.41) is 0. The molecule has 0 aliphatic carbocycles. The minimum atomic E-state index is -0.0479. The van der Waals surface area contributed by atoms with Gasteiger partial charge in [-0.15, -0.1) is 0 Å². The molecule has 0 amide bonds. The van der Waals surface area contributed by atoms with E-state index in [0.717, 1.165) is 12.8 Å². The average molecular weight is 214 g/mol. The number of unbranched alkanes of at least 4 members (excludes halogenated alkanes) is 3. The van der Waals surface area contributed by atoms with E-state index < -0.39 is 0 Å². The largest absolute Gasteiger partial charge is 0.466 e. The predicted octanol–water partition coefficient (Wildman–Crippen LogP) is 3.94. The summed E-state index contributed by atoms with van der Waals surface area (Å²) in [6.07, 6.45) is 6.48. The van der Waals surface area contributed by atoms with Crippen molar-refractivity contribution in [2.45, 2.75) is 66.2 Å². The first-order valence-corrected chi connectivity index (χ1v) is 6.11. The van der Waals surface area contributed by atoms with Crippen molar-refractivity contribution in [3.05, 3.63) is 0 Å². The van der Waals surface area contributed by atoms with E-state index in [2.05, 4.69) is 20.8 Å². The van der Waals surface area contributed by atoms with E-state index in [1.165, 1.54) is 19.3 Å². The van der Waals surface area contributed by atoms with Gasteiger partial charge in [0.15, 0.2) is 0 Å². The second kappa shape index (κ2) is 7.72. The van der Waals surface area contributed by atoms with Crippen LogP contribution in [0.2, 0.25) is 0 Å². The fourth-order valence-electron chi connectivity index (χ4n) is 1.51. The van der Waals surface area contributed by atoms with Crippen LogP contribution in [0.4, 0.5) is 0 Å². The van der Waals surface area contributed by atoms with Gasteiger partial charge in [-0.25, -0.2) is 0 Å². The molecule has 0 aliphatic heterocycles. The first-order chi connectivity index (χ1) is 6.95. The maximum absolute atomic E-state index is 11.0. The van der Waals surface area contributed by atoms with E-state index in [-0.39, 0.29) is 5.97 Å². The van der Waals surface area contributed by atoms with Gasteiger partial charge in [0.05, 0.1) is 6.61 Å². The third-order valence-electron chi connectivity index (χ3n) is 2.36. The van der Waals surface area contributed by atoms with Crippen LogP contribution < -0.4 is 0 Å². The monoisotopic (exact) mass is 214 g/mol. The minimum absolute atomic E-state index is 0.0479. The molecule has 0 heterocycles. The molecule has 0 saturated heterocycles. The third-order valence-corrected chi connectivity index (χ3v) is 2.36. The van der Waals surface area contributed by atoms with Gasteiger partial charge in [0.1, 0.15) is 0 Å². The van der Waals surface area contributed by atoms with Crippen LogP contribution in [-0.2, 0) is 9.53 Å². The van der Waals surface area contributed by atoms with Crippen molar-refractivity contribution < 1.29 is 9.53 Å². The lowest BCUT2D eigenvalue weighted by atomic mass is 9.89. The van der Waals surface area contributed by atoms with Crippen LogP contribution in [0, 0.1) is 5.41 Å². The summed E-state index contributed by atoms with van der Waals surface area (Å²) in [5.41, 5.74) is 0.446. The first-order valence-electron chi connectivity index (χ1n) is 6.11. The molecule has 0 rings (SSSR count). The summed E-state index contributed by atoms with van der Waals surface area (Å²) >= 11 is 0. The van der Waals surface area contributed by atoms with Gasteiger partial charge >= 0.3 is 5.97 Å². The molecule has 90 valence electrons. The van der Waals surface area contributed by atoms with Gasteiger partial charge in [-0.3, -0.25) is 4.79 Å². The lowest BCUT2D eigenvalue weighted by molar-refractivity contribution is -0.143. The highest BCUT2D eigenvalue weighted by Crippen LogP contribution is 2.22. The second-order valence-corrected chi connectivity index (χ2v) is 5.28. The first kappa shape index (κ1) is 14.5. The zero-order chi connectivity index (χ0) is 11.7. The molecule has 0 saturated carbocycles. The van der Waals surface area contributed by atoms with E-state index in [1.807, 2.05) is 6.92 Å². The number of carbonyl (C=O) groups excluding carboxylic acids is 1. The predicted molar refractivity (Wildman–Crippen MR) is 63.8 cm³/mol. The smallest absolute Gasteiger partial charge is 0.305 e. The van der Waals surface area contributed by atoms with E-state index in [0.29, 0.717) is 18.4 Å². The van der Waals surface area contributed by atoms with Gasteiger partial charge in [0.25, 0.3) is 0 Å². The molecule has 0 aromatic carbocycles. The number of hydrogen-bond donors (Lipinski definition) is 0. The van der Waals surface area contributed by atoms with Gasteiger partial charge in [-0.1, -0.05) is 40.0 Å². The number of ether oxygens (including phenoxy) is 1. The summed E-state index contributed by atoms with van der Waals surface area (Å²) < 4.78 is 4.86. The van der Waals surface area contributed by atoms with Crippen molar-refractivity contribution in [1.29, 1.82) is 0 Å². The Morgan fingerprint density at radius 2 is 1.67 bits per heavy atom. The zero-order valence-electron chi connectivity index (χ0n) is 10.8. The molecule has 0 aliphatic rings. The van der Waals surface area contributed by atoms with E-state index in [1.54, 1.807) is 0 Å². The van der Waals surface area contributed by atoms with Crippen LogP contribution in [0.25, 0.3) is 0 Å². The van der Waals surface area contributed by atoms with Gasteiger partial charge in [0.2, 0.25) is 0 Å². The number of hydrogen-bond acceptors (Lipinski definition) is 2. The molecule has 0 aromatic rings. The van der Waals surface area contributed by atoms with Crippen molar-refractivity contribution in [1.82, 2.24) is 0 Å². The molecule has 0 radical (unpaired) electrons. The van der Waals surface area contributed by atoms with Crippen LogP contribution >= 0.6 is 0 Å². The molecular weight excluding hydrogens is 188 g/mol. The van der Waals surface area contributed by atoms with Crippen molar-refractivity contribution in [2.24, 2.45) is 5.41 Å². The molecule has 0 unspecified atom stereocenters. The Kier molecular flexibility index (Phi) is 7.45. The second-order valence-electron chi connectivity index (χ2n) is 5.28. The molecule has 0 spiro atoms. The van der Waals surface area contributed by atoms with Gasteiger partial charge in [-0.2, -0.15) is 0 Å². The molecule has 0 N–H and O–H groups in total. The Labute approximate surface area is 94.4 Å². The summed E-state index contributed by atoms with van der Waals surface area (Å²) in [4.78, 5) is 11.0. The molecule has 2 nitrogen and oxygen atoms in total. The number of carbonyl (C=O) groups is 1. The maximum atomic E-state index is 11.0. The topological polar surface area (TPSA) is 26.3 Å². The number of rotatable bonds is 7. The van der Waals surface area contributed by atoms with Crippen LogP contribution in [-0.4, -0.2) is 12.6 Å². The Balaban J connectivity index is 3.22. The number of esters is 1. The average Bonchev–Trinajstić information content (AvgIpc) is 2.09. The van der Waals surface area contributed by atoms with Crippen molar-refractivity contribution in [3.8, 4) is 0 Å². The fourth-order valence-corrected chi connectivity index (χ4v) is 1.51. The van der Waals surface area contributed by atoms with E-state index in [9.17, 15) is 4.79 Å². The maximum Gasteiger partial charge on any atom is 0.305 e.